The number of hydrogen-bond acceptors (Lipinski definition) is 2. The highest BCUT2D eigenvalue weighted by molar-refractivity contribution is 5.78. The highest BCUT2D eigenvalue weighted by atomic mass is 19.1. The number of rotatable bonds is 6. The summed E-state index contributed by atoms with van der Waals surface area (Å²) in [6.45, 7) is 1.10. The molecule has 1 heterocycles. The lowest BCUT2D eigenvalue weighted by molar-refractivity contribution is -0.120. The molecule has 0 saturated heterocycles. The van der Waals surface area contributed by atoms with Crippen LogP contribution < -0.4 is 5.32 Å². The molecule has 1 aromatic heterocycles. The first-order valence-corrected chi connectivity index (χ1v) is 7.75. The second kappa shape index (κ2) is 7.55. The standard InChI is InChI=1S/C19H18FN3O/c20-18-8-4-7-16(9-18)10-19(24)21-11-17-12-22-23(14-17)13-15-5-2-1-3-6-15/h1-9,12,14H,10-11,13H2,(H,21,24). The van der Waals surface area contributed by atoms with Crippen LogP contribution in [0.5, 0.6) is 0 Å². The normalized spacial score (nSPS) is 10.5. The van der Waals surface area contributed by atoms with Crippen LogP contribution in [0.25, 0.3) is 0 Å². The van der Waals surface area contributed by atoms with Gasteiger partial charge in [-0.05, 0) is 23.3 Å². The van der Waals surface area contributed by atoms with Gasteiger partial charge in [0.15, 0.2) is 0 Å². The molecule has 0 bridgehead atoms. The van der Waals surface area contributed by atoms with Gasteiger partial charge < -0.3 is 5.32 Å². The van der Waals surface area contributed by atoms with E-state index in [-0.39, 0.29) is 18.1 Å². The van der Waals surface area contributed by atoms with Crippen LogP contribution in [0.1, 0.15) is 16.7 Å². The summed E-state index contributed by atoms with van der Waals surface area (Å²) in [4.78, 5) is 11.9. The van der Waals surface area contributed by atoms with Gasteiger partial charge in [-0.15, -0.1) is 0 Å². The molecule has 0 aliphatic carbocycles. The van der Waals surface area contributed by atoms with Crippen LogP contribution in [0.2, 0.25) is 0 Å². The van der Waals surface area contributed by atoms with Crippen molar-refractivity contribution in [1.29, 1.82) is 0 Å². The number of halogens is 1. The van der Waals surface area contributed by atoms with Crippen molar-refractivity contribution >= 4 is 5.91 Å². The Labute approximate surface area is 139 Å². The van der Waals surface area contributed by atoms with Gasteiger partial charge >= 0.3 is 0 Å². The third-order valence-electron chi connectivity index (χ3n) is 3.62. The maximum atomic E-state index is 13.1. The lowest BCUT2D eigenvalue weighted by atomic mass is 10.1. The summed E-state index contributed by atoms with van der Waals surface area (Å²) in [5.74, 6) is -0.473. The van der Waals surface area contributed by atoms with E-state index in [4.69, 9.17) is 0 Å². The van der Waals surface area contributed by atoms with Crippen molar-refractivity contribution in [2.24, 2.45) is 0 Å². The summed E-state index contributed by atoms with van der Waals surface area (Å²) >= 11 is 0. The first-order valence-electron chi connectivity index (χ1n) is 7.75. The number of aromatic nitrogens is 2. The number of nitrogens with zero attached hydrogens (tertiary/aromatic N) is 2. The van der Waals surface area contributed by atoms with Gasteiger partial charge in [0.1, 0.15) is 5.82 Å². The van der Waals surface area contributed by atoms with E-state index in [9.17, 15) is 9.18 Å². The Kier molecular flexibility index (Phi) is 5.01. The SMILES string of the molecule is O=C(Cc1cccc(F)c1)NCc1cnn(Cc2ccccc2)c1. The zero-order valence-electron chi connectivity index (χ0n) is 13.2. The second-order valence-corrected chi connectivity index (χ2v) is 5.62. The summed E-state index contributed by atoms with van der Waals surface area (Å²) in [5, 5.41) is 7.13. The minimum atomic E-state index is -0.331. The van der Waals surface area contributed by atoms with Crippen LogP contribution >= 0.6 is 0 Å². The molecule has 0 saturated carbocycles. The van der Waals surface area contributed by atoms with Crippen LogP contribution in [0, 0.1) is 5.82 Å². The van der Waals surface area contributed by atoms with Crippen molar-refractivity contribution in [1.82, 2.24) is 15.1 Å². The van der Waals surface area contributed by atoms with Crippen LogP contribution in [0.3, 0.4) is 0 Å². The van der Waals surface area contributed by atoms with Crippen molar-refractivity contribution in [2.75, 3.05) is 0 Å². The number of hydrogen-bond donors (Lipinski definition) is 1. The van der Waals surface area contributed by atoms with E-state index in [1.54, 1.807) is 18.3 Å². The van der Waals surface area contributed by atoms with E-state index in [0.717, 1.165) is 5.56 Å². The molecule has 2 aromatic carbocycles. The van der Waals surface area contributed by atoms with Crippen LogP contribution in [-0.4, -0.2) is 15.7 Å². The highest BCUT2D eigenvalue weighted by Crippen LogP contribution is 2.06. The fourth-order valence-corrected chi connectivity index (χ4v) is 2.45. The molecule has 3 aromatic rings. The van der Waals surface area contributed by atoms with Gasteiger partial charge in [-0.2, -0.15) is 5.10 Å². The van der Waals surface area contributed by atoms with Crippen LogP contribution in [0.4, 0.5) is 4.39 Å². The second-order valence-electron chi connectivity index (χ2n) is 5.62. The summed E-state index contributed by atoms with van der Waals surface area (Å²) in [7, 11) is 0. The fourth-order valence-electron chi connectivity index (χ4n) is 2.45. The zero-order valence-corrected chi connectivity index (χ0v) is 13.2. The van der Waals surface area contributed by atoms with E-state index >= 15 is 0 Å². The molecule has 0 unspecified atom stereocenters. The minimum Gasteiger partial charge on any atom is -0.352 e. The molecule has 0 fully saturated rings. The zero-order chi connectivity index (χ0) is 16.8. The molecule has 122 valence electrons. The van der Waals surface area contributed by atoms with Crippen molar-refractivity contribution in [3.05, 3.63) is 89.5 Å². The number of carbonyl (C=O) groups is 1. The number of amides is 1. The lowest BCUT2D eigenvalue weighted by Crippen LogP contribution is -2.24. The van der Waals surface area contributed by atoms with E-state index in [0.29, 0.717) is 18.7 Å². The predicted octanol–water partition coefficient (Wildman–Crippen LogP) is 2.93. The molecule has 0 aliphatic heterocycles. The maximum absolute atomic E-state index is 13.1. The fraction of sp³-hybridized carbons (Fsp3) is 0.158. The lowest BCUT2D eigenvalue weighted by Gasteiger charge is -2.04. The largest absolute Gasteiger partial charge is 0.352 e. The molecule has 0 spiro atoms. The first kappa shape index (κ1) is 15.9. The van der Waals surface area contributed by atoms with Gasteiger partial charge in [0.2, 0.25) is 5.91 Å². The Bertz CT molecular complexity index is 814. The molecule has 5 heteroatoms. The van der Waals surface area contributed by atoms with E-state index < -0.39 is 0 Å². The quantitative estimate of drug-likeness (QED) is 0.758. The molecular weight excluding hydrogens is 305 g/mol. The molecule has 0 atom stereocenters. The minimum absolute atomic E-state index is 0.142. The molecule has 24 heavy (non-hydrogen) atoms. The van der Waals surface area contributed by atoms with E-state index in [1.807, 2.05) is 41.2 Å². The highest BCUT2D eigenvalue weighted by Gasteiger charge is 2.06. The molecule has 0 aliphatic rings. The summed E-state index contributed by atoms with van der Waals surface area (Å²) < 4.78 is 14.9. The van der Waals surface area contributed by atoms with Gasteiger partial charge in [0.25, 0.3) is 0 Å². The van der Waals surface area contributed by atoms with Gasteiger partial charge in [-0.25, -0.2) is 4.39 Å². The molecular formula is C19H18FN3O. The predicted molar refractivity (Wildman–Crippen MR) is 89.7 cm³/mol. The molecule has 0 radical (unpaired) electrons. The van der Waals surface area contributed by atoms with Gasteiger partial charge in [-0.1, -0.05) is 42.5 Å². The Morgan fingerprint density at radius 2 is 1.83 bits per heavy atom. The van der Waals surface area contributed by atoms with Gasteiger partial charge in [-0.3, -0.25) is 9.48 Å². The van der Waals surface area contributed by atoms with Crippen molar-refractivity contribution in [3.8, 4) is 0 Å². The van der Waals surface area contributed by atoms with E-state index in [1.165, 1.54) is 17.7 Å². The molecule has 4 nitrogen and oxygen atoms in total. The molecule has 1 amide bonds. The number of benzene rings is 2. The third kappa shape index (κ3) is 4.52. The van der Waals surface area contributed by atoms with Crippen molar-refractivity contribution in [3.63, 3.8) is 0 Å². The number of carbonyl (C=O) groups excluding carboxylic acids is 1. The third-order valence-corrected chi connectivity index (χ3v) is 3.62. The Morgan fingerprint density at radius 3 is 2.62 bits per heavy atom. The summed E-state index contributed by atoms with van der Waals surface area (Å²) in [5.41, 5.74) is 2.76. The average molecular weight is 323 g/mol. The average Bonchev–Trinajstić information content (AvgIpc) is 3.01. The summed E-state index contributed by atoms with van der Waals surface area (Å²) in [6, 6.07) is 16.1. The first-order chi connectivity index (χ1) is 11.7. The van der Waals surface area contributed by atoms with Gasteiger partial charge in [0, 0.05) is 18.3 Å². The Hall–Kier alpha value is -2.95. The van der Waals surface area contributed by atoms with Crippen molar-refractivity contribution in [2.45, 2.75) is 19.5 Å². The number of nitrogens with one attached hydrogen (secondary N) is 1. The van der Waals surface area contributed by atoms with Gasteiger partial charge in [0.05, 0.1) is 19.2 Å². The van der Waals surface area contributed by atoms with Crippen LogP contribution in [-0.2, 0) is 24.3 Å². The van der Waals surface area contributed by atoms with Crippen molar-refractivity contribution < 1.29 is 9.18 Å². The monoisotopic (exact) mass is 323 g/mol. The smallest absolute Gasteiger partial charge is 0.224 e. The van der Waals surface area contributed by atoms with E-state index in [2.05, 4.69) is 10.4 Å². The molecule has 1 N–H and O–H groups in total. The summed E-state index contributed by atoms with van der Waals surface area (Å²) in [6.07, 6.45) is 3.82. The Morgan fingerprint density at radius 1 is 1.04 bits per heavy atom. The maximum Gasteiger partial charge on any atom is 0.224 e. The Balaban J connectivity index is 1.51. The van der Waals surface area contributed by atoms with Crippen LogP contribution in [0.15, 0.2) is 67.0 Å². The topological polar surface area (TPSA) is 46.9 Å². The molecule has 3 rings (SSSR count).